The third kappa shape index (κ3) is 7.15. The van der Waals surface area contributed by atoms with Gasteiger partial charge in [0.1, 0.15) is 0 Å². The van der Waals surface area contributed by atoms with Gasteiger partial charge in [-0.2, -0.15) is 0 Å². The van der Waals surface area contributed by atoms with Gasteiger partial charge in [-0.3, -0.25) is 27.0 Å². The van der Waals surface area contributed by atoms with Crippen molar-refractivity contribution in [2.24, 2.45) is 11.8 Å². The number of carbonyl (C=O) groups excluding carboxylic acids is 1. The molecule has 1 spiro atoms. The van der Waals surface area contributed by atoms with Crippen molar-refractivity contribution in [2.45, 2.75) is 42.9 Å². The summed E-state index contributed by atoms with van der Waals surface area (Å²) < 4.78 is 46.7. The van der Waals surface area contributed by atoms with Crippen LogP contribution in [0.4, 0.5) is 23.0 Å². The van der Waals surface area contributed by atoms with Crippen molar-refractivity contribution in [1.82, 2.24) is 4.90 Å². The van der Waals surface area contributed by atoms with E-state index in [1.807, 2.05) is 0 Å². The van der Waals surface area contributed by atoms with Gasteiger partial charge in [-0.15, -0.1) is 0 Å². The Hall–Kier alpha value is -1.99. The zero-order valence-corrected chi connectivity index (χ0v) is 21.6. The Morgan fingerprint density at radius 3 is 2.05 bits per heavy atom. The van der Waals surface area contributed by atoms with Crippen LogP contribution in [0.2, 0.25) is 0 Å². The third-order valence-corrected chi connectivity index (χ3v) is 8.22. The number of piperidine rings is 2. The lowest BCUT2D eigenvalue weighted by Gasteiger charge is -2.58. The summed E-state index contributed by atoms with van der Waals surface area (Å²) >= 11 is 0. The molecule has 0 aromatic heterocycles. The van der Waals surface area contributed by atoms with Gasteiger partial charge in [0.05, 0.1) is 25.2 Å². The molecule has 0 unspecified atom stereocenters. The molecule has 3 saturated heterocycles. The fraction of sp³-hybridized carbons (Fsp3) is 0.571. The summed E-state index contributed by atoms with van der Waals surface area (Å²) in [4.78, 5) is 18.1. The monoisotopic (exact) mass is 590 g/mol. The van der Waals surface area contributed by atoms with Crippen molar-refractivity contribution in [3.63, 3.8) is 0 Å². The van der Waals surface area contributed by atoms with Gasteiger partial charge in [0.2, 0.25) is 5.91 Å². The molecule has 7 rings (SSSR count). The molecule has 4 fully saturated rings. The second-order valence-electron chi connectivity index (χ2n) is 10.0. The molecule has 6 aliphatic rings. The smallest absolute Gasteiger partial charge is 0.398 e. The Morgan fingerprint density at radius 1 is 0.902 bits per heavy atom. The van der Waals surface area contributed by atoms with E-state index in [0.29, 0.717) is 36.9 Å². The van der Waals surface area contributed by atoms with E-state index >= 15 is 0 Å². The maximum absolute atomic E-state index is 13.2. The van der Waals surface area contributed by atoms with Crippen LogP contribution in [0.25, 0.3) is 0 Å². The average Bonchev–Trinajstić information content (AvgIpc) is 3.31. The van der Waals surface area contributed by atoms with Gasteiger partial charge in [-0.25, -0.2) is 0 Å². The number of para-hydroxylation sites is 1. The number of hydrogen-bond acceptors (Lipinski definition) is 11. The highest BCUT2D eigenvalue weighted by Gasteiger charge is 2.70. The number of carbonyl (C=O) groups is 1. The summed E-state index contributed by atoms with van der Waals surface area (Å²) in [6.45, 7) is 2.97. The molecule has 1 aromatic rings. The van der Waals surface area contributed by atoms with Gasteiger partial charge in [0.25, 0.3) is 0 Å². The van der Waals surface area contributed by atoms with Gasteiger partial charge < -0.3 is 49.8 Å². The van der Waals surface area contributed by atoms with Crippen LogP contribution >= 0.6 is 0 Å². The molecule has 6 atom stereocenters. The van der Waals surface area contributed by atoms with Crippen molar-refractivity contribution in [3.8, 4) is 0 Å². The van der Waals surface area contributed by atoms with Crippen LogP contribution in [0.5, 0.6) is 0 Å². The topological polar surface area (TPSA) is 195 Å². The van der Waals surface area contributed by atoms with E-state index in [-0.39, 0.29) is 17.4 Å². The Balaban J connectivity index is 0.000000243. The molecule has 5 aliphatic heterocycles. The highest BCUT2D eigenvalue weighted by molar-refractivity contribution is 6.32. The minimum atomic E-state index is -2.67. The number of ether oxygens (including phenoxy) is 1. The molecule has 1 aromatic carbocycles. The van der Waals surface area contributed by atoms with Crippen LogP contribution in [-0.4, -0.2) is 118 Å². The number of benzene rings is 1. The summed E-state index contributed by atoms with van der Waals surface area (Å²) in [6.07, 6.45) is 5.43. The van der Waals surface area contributed by atoms with Crippen molar-refractivity contribution >= 4 is 41.2 Å². The van der Waals surface area contributed by atoms with Crippen LogP contribution < -0.4 is 4.90 Å². The van der Waals surface area contributed by atoms with Crippen molar-refractivity contribution in [3.05, 3.63) is 41.5 Å². The SMILES string of the molecule is O=C1C[C@@H]2OCC=C3CN4CC[C@]56c7ccccc7N1[C@H]5[C@H]2[C@H]3C[C@H]46.OB(O)F.OB(O)F.OB(O)F.OB(O)F. The molecule has 12 nitrogen and oxygen atoms in total. The number of anilines is 1. The van der Waals surface area contributed by atoms with E-state index in [4.69, 9.17) is 44.9 Å². The number of nitrogens with zero attached hydrogens (tertiary/aromatic N) is 2. The largest absolute Gasteiger partial charge is 0.674 e. The van der Waals surface area contributed by atoms with Gasteiger partial charge in [0.15, 0.2) is 0 Å². The first-order chi connectivity index (χ1) is 19.2. The molecule has 224 valence electrons. The molecule has 1 saturated carbocycles. The van der Waals surface area contributed by atoms with E-state index in [0.717, 1.165) is 6.54 Å². The Morgan fingerprint density at radius 2 is 1.46 bits per heavy atom. The average molecular weight is 590 g/mol. The quantitative estimate of drug-likeness (QED) is 0.0929. The molecular formula is C21H30B4F4N2O10. The summed E-state index contributed by atoms with van der Waals surface area (Å²) in [6, 6.07) is 9.64. The standard InChI is InChI=1S/C21H22N2O2.4BFH2O2/c24-18-10-16-19-13-9-17-21(6-7-22(17)11-12(13)5-8-25-16)14-3-1-2-4-15(14)23(18)20(19)21;4*2-1(3)4/h1-5,13,16-17,19-20H,6-11H2;4*3-4H/t13-,16-,17-,19-,20-,21+;;;;/m0..../s1. The fourth-order valence-corrected chi connectivity index (χ4v) is 7.51. The lowest BCUT2D eigenvalue weighted by molar-refractivity contribution is -0.132. The molecule has 20 heteroatoms. The van der Waals surface area contributed by atoms with Crippen LogP contribution in [0.3, 0.4) is 0 Å². The first-order valence-corrected chi connectivity index (χ1v) is 12.7. The maximum atomic E-state index is 13.2. The van der Waals surface area contributed by atoms with Crippen LogP contribution in [0.15, 0.2) is 35.9 Å². The summed E-state index contributed by atoms with van der Waals surface area (Å²) in [5.74, 6) is 1.35. The predicted octanol–water partition coefficient (Wildman–Crippen LogP) is -2.21. The second kappa shape index (κ2) is 14.0. The minimum absolute atomic E-state index is 0.104. The Bertz CT molecular complexity index is 1050. The van der Waals surface area contributed by atoms with E-state index in [2.05, 4.69) is 40.1 Å². The van der Waals surface area contributed by atoms with Gasteiger partial charge in [-0.05, 0) is 36.9 Å². The molecule has 5 heterocycles. The molecule has 8 N–H and O–H groups in total. The van der Waals surface area contributed by atoms with Gasteiger partial charge >= 0.3 is 29.6 Å². The predicted molar refractivity (Wildman–Crippen MR) is 139 cm³/mol. The molecule has 41 heavy (non-hydrogen) atoms. The van der Waals surface area contributed by atoms with Crippen molar-refractivity contribution in [1.29, 1.82) is 0 Å². The molecule has 1 amide bonds. The first-order valence-electron chi connectivity index (χ1n) is 12.7. The third-order valence-electron chi connectivity index (χ3n) is 8.22. The molecule has 0 radical (unpaired) electrons. The summed E-state index contributed by atoms with van der Waals surface area (Å²) in [5, 5.41) is 55.6. The van der Waals surface area contributed by atoms with E-state index < -0.39 is 29.6 Å². The van der Waals surface area contributed by atoms with Crippen LogP contribution in [-0.2, 0) is 14.9 Å². The van der Waals surface area contributed by atoms with Crippen LogP contribution in [0.1, 0.15) is 24.8 Å². The van der Waals surface area contributed by atoms with Crippen LogP contribution in [0, 0.1) is 11.8 Å². The number of hydrogen-bond donors (Lipinski definition) is 8. The fourth-order valence-electron chi connectivity index (χ4n) is 7.51. The van der Waals surface area contributed by atoms with E-state index in [1.54, 1.807) is 5.57 Å². The number of halogens is 4. The highest BCUT2D eigenvalue weighted by Crippen LogP contribution is 2.65. The van der Waals surface area contributed by atoms with Gasteiger partial charge in [-0.1, -0.05) is 29.8 Å². The van der Waals surface area contributed by atoms with E-state index in [9.17, 15) is 22.1 Å². The number of amides is 1. The normalized spacial score (nSPS) is 30.6. The lowest BCUT2D eigenvalue weighted by atomic mass is 9.53. The van der Waals surface area contributed by atoms with Crippen molar-refractivity contribution < 1.29 is 67.0 Å². The molecular weight excluding hydrogens is 559 g/mol. The zero-order chi connectivity index (χ0) is 30.6. The Labute approximate surface area is 234 Å². The number of rotatable bonds is 0. The first kappa shape index (κ1) is 33.5. The molecule has 2 bridgehead atoms. The van der Waals surface area contributed by atoms with E-state index in [1.165, 1.54) is 30.6 Å². The zero-order valence-electron chi connectivity index (χ0n) is 21.6. The van der Waals surface area contributed by atoms with Gasteiger partial charge in [0, 0.05) is 29.6 Å². The highest BCUT2D eigenvalue weighted by atomic mass is 19.1. The number of fused-ring (bicyclic) bond motifs is 2. The van der Waals surface area contributed by atoms with Crippen molar-refractivity contribution in [2.75, 3.05) is 24.6 Å². The molecule has 1 aliphatic carbocycles. The summed E-state index contributed by atoms with van der Waals surface area (Å²) in [7, 11) is -10.7. The maximum Gasteiger partial charge on any atom is 0.674 e. The lowest BCUT2D eigenvalue weighted by Crippen LogP contribution is -2.69. The second-order valence-corrected chi connectivity index (χ2v) is 10.0. The minimum Gasteiger partial charge on any atom is -0.398 e. The Kier molecular flexibility index (Phi) is 11.4. The summed E-state index contributed by atoms with van der Waals surface area (Å²) in [5.41, 5.74) is 4.35.